The molecule has 0 fully saturated rings. The van der Waals surface area contributed by atoms with Gasteiger partial charge in [0.2, 0.25) is 0 Å². The minimum atomic E-state index is -0.418. The number of carbonyl (C=O) groups excluding carboxylic acids is 2. The number of amides is 2. The SMILES string of the molecule is COC(C)(C)CCOC(C)(C)CCN1C(=O)c2ccccc2C1=O. The summed E-state index contributed by atoms with van der Waals surface area (Å²) in [4.78, 5) is 26.0. The molecule has 2 rings (SSSR count). The van der Waals surface area contributed by atoms with Gasteiger partial charge >= 0.3 is 0 Å². The molecule has 0 bridgehead atoms. The van der Waals surface area contributed by atoms with Gasteiger partial charge in [-0.1, -0.05) is 12.1 Å². The number of methoxy groups -OCH3 is 1. The number of nitrogens with zero attached hydrogens (tertiary/aromatic N) is 1. The second-order valence-corrected chi connectivity index (χ2v) is 7.38. The molecule has 2 amide bonds. The van der Waals surface area contributed by atoms with Crippen molar-refractivity contribution in [2.45, 2.75) is 51.7 Å². The van der Waals surface area contributed by atoms with E-state index in [4.69, 9.17) is 9.47 Å². The van der Waals surface area contributed by atoms with Gasteiger partial charge in [-0.3, -0.25) is 14.5 Å². The fraction of sp³-hybridized carbons (Fsp3) is 0.579. The second-order valence-electron chi connectivity index (χ2n) is 7.38. The van der Waals surface area contributed by atoms with E-state index in [1.807, 2.05) is 27.7 Å². The zero-order valence-corrected chi connectivity index (χ0v) is 15.2. The first kappa shape index (κ1) is 18.6. The molecule has 1 aromatic rings. The predicted octanol–water partition coefficient (Wildman–Crippen LogP) is 3.28. The molecule has 1 aromatic carbocycles. The Labute approximate surface area is 143 Å². The third-order valence-corrected chi connectivity index (χ3v) is 4.57. The van der Waals surface area contributed by atoms with E-state index in [-0.39, 0.29) is 17.4 Å². The lowest BCUT2D eigenvalue weighted by Crippen LogP contribution is -2.37. The molecule has 0 spiro atoms. The molecule has 0 atom stereocenters. The Kier molecular flexibility index (Phi) is 5.45. The van der Waals surface area contributed by atoms with E-state index in [1.54, 1.807) is 31.4 Å². The summed E-state index contributed by atoms with van der Waals surface area (Å²) in [6.07, 6.45) is 1.37. The number of benzene rings is 1. The van der Waals surface area contributed by atoms with Gasteiger partial charge < -0.3 is 9.47 Å². The van der Waals surface area contributed by atoms with Crippen molar-refractivity contribution < 1.29 is 19.1 Å². The van der Waals surface area contributed by atoms with Crippen LogP contribution < -0.4 is 0 Å². The van der Waals surface area contributed by atoms with Crippen LogP contribution in [-0.2, 0) is 9.47 Å². The van der Waals surface area contributed by atoms with E-state index in [1.165, 1.54) is 4.90 Å². The van der Waals surface area contributed by atoms with Crippen molar-refractivity contribution in [2.75, 3.05) is 20.3 Å². The molecular formula is C19H27NO4. The van der Waals surface area contributed by atoms with E-state index in [0.29, 0.717) is 30.7 Å². The highest BCUT2D eigenvalue weighted by molar-refractivity contribution is 6.21. The minimum Gasteiger partial charge on any atom is -0.379 e. The highest BCUT2D eigenvalue weighted by Crippen LogP contribution is 2.25. The molecule has 5 nitrogen and oxygen atoms in total. The Balaban J connectivity index is 1.89. The van der Waals surface area contributed by atoms with Gasteiger partial charge in [-0.2, -0.15) is 0 Å². The van der Waals surface area contributed by atoms with Crippen LogP contribution in [0.25, 0.3) is 0 Å². The first-order valence-corrected chi connectivity index (χ1v) is 8.31. The summed E-state index contributed by atoms with van der Waals surface area (Å²) in [6.45, 7) is 8.91. The highest BCUT2D eigenvalue weighted by Gasteiger charge is 2.36. The maximum Gasteiger partial charge on any atom is 0.261 e. The molecule has 0 saturated carbocycles. The molecule has 0 aromatic heterocycles. The molecule has 0 radical (unpaired) electrons. The number of ether oxygens (including phenoxy) is 2. The van der Waals surface area contributed by atoms with Crippen molar-refractivity contribution >= 4 is 11.8 Å². The fourth-order valence-corrected chi connectivity index (χ4v) is 2.57. The summed E-state index contributed by atoms with van der Waals surface area (Å²) >= 11 is 0. The summed E-state index contributed by atoms with van der Waals surface area (Å²) in [5.74, 6) is -0.432. The van der Waals surface area contributed by atoms with E-state index in [2.05, 4.69) is 0 Å². The van der Waals surface area contributed by atoms with Crippen LogP contribution in [0.1, 0.15) is 61.3 Å². The Hall–Kier alpha value is -1.72. The summed E-state index contributed by atoms with van der Waals surface area (Å²) < 4.78 is 11.3. The molecule has 1 heterocycles. The summed E-state index contributed by atoms with van der Waals surface area (Å²) in [7, 11) is 1.69. The number of hydrogen-bond donors (Lipinski definition) is 0. The lowest BCUT2D eigenvalue weighted by Gasteiger charge is -2.30. The molecule has 24 heavy (non-hydrogen) atoms. The maximum absolute atomic E-state index is 12.4. The van der Waals surface area contributed by atoms with Crippen LogP contribution in [0.2, 0.25) is 0 Å². The van der Waals surface area contributed by atoms with Crippen molar-refractivity contribution in [3.8, 4) is 0 Å². The van der Waals surface area contributed by atoms with Gasteiger partial charge in [0.1, 0.15) is 0 Å². The van der Waals surface area contributed by atoms with E-state index in [9.17, 15) is 9.59 Å². The van der Waals surface area contributed by atoms with Gasteiger partial charge in [-0.05, 0) is 52.7 Å². The number of fused-ring (bicyclic) bond motifs is 1. The van der Waals surface area contributed by atoms with Crippen LogP contribution >= 0.6 is 0 Å². The Morgan fingerprint density at radius 3 is 1.96 bits per heavy atom. The topological polar surface area (TPSA) is 55.8 Å². The van der Waals surface area contributed by atoms with Crippen LogP contribution in [0.5, 0.6) is 0 Å². The summed E-state index contributed by atoms with van der Waals surface area (Å²) in [5, 5.41) is 0. The molecule has 0 unspecified atom stereocenters. The van der Waals surface area contributed by atoms with Crippen molar-refractivity contribution in [2.24, 2.45) is 0 Å². The quantitative estimate of drug-likeness (QED) is 0.685. The third kappa shape index (κ3) is 4.22. The summed E-state index contributed by atoms with van der Waals surface area (Å²) in [6, 6.07) is 6.95. The lowest BCUT2D eigenvalue weighted by atomic mass is 10.0. The highest BCUT2D eigenvalue weighted by atomic mass is 16.5. The van der Waals surface area contributed by atoms with Crippen molar-refractivity contribution in [1.29, 1.82) is 0 Å². The maximum atomic E-state index is 12.4. The third-order valence-electron chi connectivity index (χ3n) is 4.57. The molecule has 0 saturated heterocycles. The van der Waals surface area contributed by atoms with E-state index in [0.717, 1.165) is 6.42 Å². The van der Waals surface area contributed by atoms with Crippen LogP contribution in [0.15, 0.2) is 24.3 Å². The number of carbonyl (C=O) groups is 2. The van der Waals surface area contributed by atoms with Crippen LogP contribution in [0.3, 0.4) is 0 Å². The first-order chi connectivity index (χ1) is 11.2. The average Bonchev–Trinajstić information content (AvgIpc) is 2.77. The van der Waals surface area contributed by atoms with Gasteiger partial charge in [-0.25, -0.2) is 0 Å². The molecule has 132 valence electrons. The molecule has 5 heteroatoms. The number of hydrogen-bond acceptors (Lipinski definition) is 4. The van der Waals surface area contributed by atoms with Crippen molar-refractivity contribution in [3.63, 3.8) is 0 Å². The van der Waals surface area contributed by atoms with E-state index >= 15 is 0 Å². The van der Waals surface area contributed by atoms with Crippen LogP contribution in [0.4, 0.5) is 0 Å². The molecule has 1 aliphatic rings. The molecule has 0 N–H and O–H groups in total. The second kappa shape index (κ2) is 7.03. The molecular weight excluding hydrogens is 306 g/mol. The fourth-order valence-electron chi connectivity index (χ4n) is 2.57. The smallest absolute Gasteiger partial charge is 0.261 e. The first-order valence-electron chi connectivity index (χ1n) is 8.31. The summed E-state index contributed by atoms with van der Waals surface area (Å²) in [5.41, 5.74) is 0.337. The van der Waals surface area contributed by atoms with Gasteiger partial charge in [-0.15, -0.1) is 0 Å². The standard InChI is InChI=1S/C19H27NO4/c1-18(2,23-5)11-13-24-19(3,4)10-12-20-16(21)14-8-6-7-9-15(14)17(20)22/h6-9H,10-13H2,1-5H3. The number of rotatable bonds is 8. The van der Waals surface area contributed by atoms with Crippen LogP contribution in [-0.4, -0.2) is 48.2 Å². The number of imide groups is 1. The Morgan fingerprint density at radius 2 is 1.46 bits per heavy atom. The van der Waals surface area contributed by atoms with Crippen LogP contribution in [0, 0.1) is 0 Å². The van der Waals surface area contributed by atoms with Gasteiger partial charge in [0.15, 0.2) is 0 Å². The van der Waals surface area contributed by atoms with E-state index < -0.39 is 5.60 Å². The Bertz CT molecular complexity index is 587. The minimum absolute atomic E-state index is 0.216. The van der Waals surface area contributed by atoms with Gasteiger partial charge in [0, 0.05) is 13.7 Å². The van der Waals surface area contributed by atoms with Crippen molar-refractivity contribution in [3.05, 3.63) is 35.4 Å². The van der Waals surface area contributed by atoms with Gasteiger partial charge in [0.05, 0.1) is 28.9 Å². The molecule has 0 aliphatic carbocycles. The Morgan fingerprint density at radius 1 is 0.917 bits per heavy atom. The predicted molar refractivity (Wildman–Crippen MR) is 92.2 cm³/mol. The largest absolute Gasteiger partial charge is 0.379 e. The lowest BCUT2D eigenvalue weighted by molar-refractivity contribution is -0.0623. The molecule has 1 aliphatic heterocycles. The zero-order valence-electron chi connectivity index (χ0n) is 15.2. The average molecular weight is 333 g/mol. The monoisotopic (exact) mass is 333 g/mol. The zero-order chi connectivity index (χ0) is 18.0. The van der Waals surface area contributed by atoms with Crippen molar-refractivity contribution in [1.82, 2.24) is 4.90 Å². The van der Waals surface area contributed by atoms with Gasteiger partial charge in [0.25, 0.3) is 11.8 Å². The normalized spacial score (nSPS) is 15.1.